The Morgan fingerprint density at radius 2 is 2.21 bits per heavy atom. The zero-order valence-corrected chi connectivity index (χ0v) is 10.9. The number of ether oxygens (including phenoxy) is 1. The van der Waals surface area contributed by atoms with Gasteiger partial charge < -0.3 is 4.74 Å². The predicted octanol–water partition coefficient (Wildman–Crippen LogP) is 3.31. The summed E-state index contributed by atoms with van der Waals surface area (Å²) in [6.45, 7) is 0. The van der Waals surface area contributed by atoms with Crippen LogP contribution in [0.3, 0.4) is 0 Å². The Kier molecular flexibility index (Phi) is 4.12. The first-order valence-electron chi connectivity index (χ1n) is 5.57. The summed E-state index contributed by atoms with van der Waals surface area (Å²) in [5.41, 5.74) is 0.633. The topological polar surface area (TPSA) is 39.2 Å². The Bertz CT molecular complexity index is 616. The number of nitrogens with zero attached hydrogens (tertiary/aromatic N) is 1. The van der Waals surface area contributed by atoms with Crippen LogP contribution in [-0.4, -0.2) is 17.9 Å². The normalized spacial score (nSPS) is 10.3. The van der Waals surface area contributed by atoms with Crippen molar-refractivity contribution in [1.82, 2.24) is 4.98 Å². The molecule has 0 fully saturated rings. The molecule has 3 nitrogen and oxygen atoms in total. The van der Waals surface area contributed by atoms with E-state index in [4.69, 9.17) is 16.3 Å². The van der Waals surface area contributed by atoms with Crippen LogP contribution in [0.1, 0.15) is 15.9 Å². The standard InChI is InChI=1S/C14H11ClFNO2/c1-19-13-8-17-6-5-10(13)12(18)7-9-3-2-4-11(15)14(9)16/h2-6,8H,7H2,1H3. The lowest BCUT2D eigenvalue weighted by atomic mass is 10.0. The average molecular weight is 280 g/mol. The fourth-order valence-corrected chi connectivity index (χ4v) is 1.92. The molecule has 19 heavy (non-hydrogen) atoms. The number of pyridine rings is 1. The van der Waals surface area contributed by atoms with Crippen molar-refractivity contribution in [3.05, 3.63) is 58.6 Å². The van der Waals surface area contributed by atoms with Crippen molar-refractivity contribution < 1.29 is 13.9 Å². The molecule has 0 radical (unpaired) electrons. The van der Waals surface area contributed by atoms with E-state index in [9.17, 15) is 9.18 Å². The summed E-state index contributed by atoms with van der Waals surface area (Å²) >= 11 is 5.68. The van der Waals surface area contributed by atoms with Crippen LogP contribution in [0.5, 0.6) is 5.75 Å². The Labute approximate surface area is 115 Å². The van der Waals surface area contributed by atoms with Crippen molar-refractivity contribution in [1.29, 1.82) is 0 Å². The monoisotopic (exact) mass is 279 g/mol. The zero-order valence-electron chi connectivity index (χ0n) is 10.2. The largest absolute Gasteiger partial charge is 0.494 e. The van der Waals surface area contributed by atoms with Crippen LogP contribution in [0.2, 0.25) is 5.02 Å². The molecule has 0 N–H and O–H groups in total. The van der Waals surface area contributed by atoms with Crippen LogP contribution in [0.15, 0.2) is 36.7 Å². The molecule has 5 heteroatoms. The third-order valence-corrected chi connectivity index (χ3v) is 2.98. The van der Waals surface area contributed by atoms with Crippen molar-refractivity contribution in [2.24, 2.45) is 0 Å². The highest BCUT2D eigenvalue weighted by molar-refractivity contribution is 6.30. The van der Waals surface area contributed by atoms with E-state index in [0.717, 1.165) is 0 Å². The van der Waals surface area contributed by atoms with E-state index in [-0.39, 0.29) is 22.8 Å². The van der Waals surface area contributed by atoms with E-state index in [0.29, 0.717) is 11.3 Å². The van der Waals surface area contributed by atoms with Gasteiger partial charge in [-0.2, -0.15) is 0 Å². The minimum Gasteiger partial charge on any atom is -0.494 e. The fraction of sp³-hybridized carbons (Fsp3) is 0.143. The summed E-state index contributed by atoms with van der Waals surface area (Å²) in [5.74, 6) is -0.444. The van der Waals surface area contributed by atoms with E-state index in [1.807, 2.05) is 0 Å². The van der Waals surface area contributed by atoms with Crippen LogP contribution in [-0.2, 0) is 6.42 Å². The maximum atomic E-state index is 13.7. The van der Waals surface area contributed by atoms with Crippen LogP contribution >= 0.6 is 11.6 Å². The second-order valence-electron chi connectivity index (χ2n) is 3.89. The van der Waals surface area contributed by atoms with Gasteiger partial charge in [0.25, 0.3) is 0 Å². The molecule has 2 aromatic rings. The van der Waals surface area contributed by atoms with Gasteiger partial charge in [-0.15, -0.1) is 0 Å². The number of carbonyl (C=O) groups is 1. The fourth-order valence-electron chi connectivity index (χ4n) is 1.73. The molecule has 0 spiro atoms. The van der Waals surface area contributed by atoms with Crippen molar-refractivity contribution >= 4 is 17.4 Å². The summed E-state index contributed by atoms with van der Waals surface area (Å²) in [6.07, 6.45) is 2.86. The van der Waals surface area contributed by atoms with Gasteiger partial charge in [0.2, 0.25) is 0 Å². The molecule has 0 aliphatic carbocycles. The number of Topliss-reactive ketones (excluding diaryl/α,β-unsaturated/α-hetero) is 1. The second kappa shape index (κ2) is 5.80. The maximum absolute atomic E-state index is 13.7. The van der Waals surface area contributed by atoms with Gasteiger partial charge in [0, 0.05) is 12.6 Å². The molecule has 1 heterocycles. The van der Waals surface area contributed by atoms with Gasteiger partial charge in [0.1, 0.15) is 11.6 Å². The third-order valence-electron chi connectivity index (χ3n) is 2.69. The minimum absolute atomic E-state index is 0.00648. The first-order valence-corrected chi connectivity index (χ1v) is 5.95. The van der Waals surface area contributed by atoms with Crippen molar-refractivity contribution in [2.45, 2.75) is 6.42 Å². The molecule has 0 saturated heterocycles. The van der Waals surface area contributed by atoms with Crippen LogP contribution in [0, 0.1) is 5.82 Å². The third kappa shape index (κ3) is 2.90. The molecule has 98 valence electrons. The molecule has 1 aromatic carbocycles. The number of benzene rings is 1. The van der Waals surface area contributed by atoms with Crippen molar-refractivity contribution in [2.75, 3.05) is 7.11 Å². The van der Waals surface area contributed by atoms with Crippen LogP contribution in [0.4, 0.5) is 4.39 Å². The molecule has 0 bridgehead atoms. The molecule has 0 aliphatic rings. The van der Waals surface area contributed by atoms with E-state index in [1.165, 1.54) is 31.6 Å². The molecule has 0 aliphatic heterocycles. The molecule has 1 aromatic heterocycles. The highest BCUT2D eigenvalue weighted by atomic mass is 35.5. The second-order valence-corrected chi connectivity index (χ2v) is 4.30. The Morgan fingerprint density at radius 1 is 1.42 bits per heavy atom. The quantitative estimate of drug-likeness (QED) is 0.806. The van der Waals surface area contributed by atoms with E-state index in [2.05, 4.69) is 4.98 Å². The number of hydrogen-bond acceptors (Lipinski definition) is 3. The molecule has 0 saturated carbocycles. The summed E-state index contributed by atoms with van der Waals surface area (Å²) in [6, 6.07) is 6.13. The molecule has 0 amide bonds. The molecule has 0 atom stereocenters. The van der Waals surface area contributed by atoms with Gasteiger partial charge in [-0.1, -0.05) is 23.7 Å². The first kappa shape index (κ1) is 13.5. The number of rotatable bonds is 4. The first-order chi connectivity index (χ1) is 9.13. The lowest BCUT2D eigenvalue weighted by Crippen LogP contribution is -2.07. The lowest BCUT2D eigenvalue weighted by molar-refractivity contribution is 0.0988. The van der Waals surface area contributed by atoms with E-state index in [1.54, 1.807) is 12.1 Å². The van der Waals surface area contributed by atoms with Crippen molar-refractivity contribution in [3.8, 4) is 5.75 Å². The van der Waals surface area contributed by atoms with E-state index >= 15 is 0 Å². The average Bonchev–Trinajstić information content (AvgIpc) is 2.43. The summed E-state index contributed by atoms with van der Waals surface area (Å²) in [4.78, 5) is 16.0. The molecule has 0 unspecified atom stereocenters. The Balaban J connectivity index is 2.28. The Hall–Kier alpha value is -1.94. The van der Waals surface area contributed by atoms with Crippen molar-refractivity contribution in [3.63, 3.8) is 0 Å². The van der Waals surface area contributed by atoms with Gasteiger partial charge in [-0.3, -0.25) is 9.78 Å². The number of ketones is 1. The lowest BCUT2D eigenvalue weighted by Gasteiger charge is -2.07. The highest BCUT2D eigenvalue weighted by Crippen LogP contribution is 2.22. The van der Waals surface area contributed by atoms with Crippen LogP contribution in [0.25, 0.3) is 0 Å². The number of aromatic nitrogens is 1. The predicted molar refractivity (Wildman–Crippen MR) is 70.2 cm³/mol. The smallest absolute Gasteiger partial charge is 0.171 e. The van der Waals surface area contributed by atoms with Gasteiger partial charge in [-0.05, 0) is 17.7 Å². The minimum atomic E-state index is -0.564. The van der Waals surface area contributed by atoms with Gasteiger partial charge in [0.15, 0.2) is 5.78 Å². The zero-order chi connectivity index (χ0) is 13.8. The molecular weight excluding hydrogens is 269 g/mol. The number of halogens is 2. The van der Waals surface area contributed by atoms with Gasteiger partial charge >= 0.3 is 0 Å². The van der Waals surface area contributed by atoms with E-state index < -0.39 is 5.82 Å². The highest BCUT2D eigenvalue weighted by Gasteiger charge is 2.15. The number of carbonyl (C=O) groups excluding carboxylic acids is 1. The number of hydrogen-bond donors (Lipinski definition) is 0. The molecular formula is C14H11ClFNO2. The summed E-state index contributed by atoms with van der Waals surface area (Å²) in [7, 11) is 1.45. The molecule has 2 rings (SSSR count). The summed E-state index contributed by atoms with van der Waals surface area (Å²) < 4.78 is 18.8. The van der Waals surface area contributed by atoms with Crippen LogP contribution < -0.4 is 4.74 Å². The van der Waals surface area contributed by atoms with Gasteiger partial charge in [0.05, 0.1) is 23.9 Å². The number of methoxy groups -OCH3 is 1. The Morgan fingerprint density at radius 3 is 2.95 bits per heavy atom. The SMILES string of the molecule is COc1cnccc1C(=O)Cc1cccc(Cl)c1F. The maximum Gasteiger partial charge on any atom is 0.171 e. The summed E-state index contributed by atoms with van der Waals surface area (Å²) in [5, 5.41) is 0.00648. The van der Waals surface area contributed by atoms with Gasteiger partial charge in [-0.25, -0.2) is 4.39 Å².